The van der Waals surface area contributed by atoms with Crippen LogP contribution in [0, 0.1) is 10.1 Å². The molecule has 0 bridgehead atoms. The SMILES string of the molecule is COc1ccccc1CCNC(=O)c1cc(OC)c(OC(F)F)cc1[N+](=O)[O-]. The number of hydrogen-bond acceptors (Lipinski definition) is 6. The number of rotatable bonds is 9. The number of benzene rings is 2. The number of nitrogens with one attached hydrogen (secondary N) is 1. The number of amides is 1. The van der Waals surface area contributed by atoms with Crippen LogP contribution >= 0.6 is 0 Å². The van der Waals surface area contributed by atoms with Gasteiger partial charge in [0.25, 0.3) is 11.6 Å². The van der Waals surface area contributed by atoms with Gasteiger partial charge in [-0.25, -0.2) is 0 Å². The number of nitro groups is 1. The van der Waals surface area contributed by atoms with E-state index in [1.54, 1.807) is 12.1 Å². The van der Waals surface area contributed by atoms with Crippen LogP contribution in [-0.4, -0.2) is 38.2 Å². The van der Waals surface area contributed by atoms with Crippen LogP contribution in [0.2, 0.25) is 0 Å². The molecule has 10 heteroatoms. The summed E-state index contributed by atoms with van der Waals surface area (Å²) in [6, 6.07) is 8.95. The highest BCUT2D eigenvalue weighted by Gasteiger charge is 2.25. The molecule has 0 atom stereocenters. The van der Waals surface area contributed by atoms with E-state index in [1.165, 1.54) is 14.2 Å². The van der Waals surface area contributed by atoms with Gasteiger partial charge in [-0.1, -0.05) is 18.2 Å². The third kappa shape index (κ3) is 5.06. The van der Waals surface area contributed by atoms with Gasteiger partial charge in [0.1, 0.15) is 11.3 Å². The summed E-state index contributed by atoms with van der Waals surface area (Å²) in [5.74, 6) is -0.850. The summed E-state index contributed by atoms with van der Waals surface area (Å²) in [4.78, 5) is 22.8. The molecule has 28 heavy (non-hydrogen) atoms. The highest BCUT2D eigenvalue weighted by Crippen LogP contribution is 2.35. The third-order valence-electron chi connectivity index (χ3n) is 3.81. The molecule has 0 saturated carbocycles. The zero-order chi connectivity index (χ0) is 20.7. The van der Waals surface area contributed by atoms with Gasteiger partial charge < -0.3 is 19.5 Å². The number of carbonyl (C=O) groups is 1. The van der Waals surface area contributed by atoms with Gasteiger partial charge in [0.05, 0.1) is 25.2 Å². The molecule has 0 unspecified atom stereocenters. The Morgan fingerprint density at radius 2 is 1.82 bits per heavy atom. The maximum absolute atomic E-state index is 12.5. The van der Waals surface area contributed by atoms with Gasteiger partial charge in [0, 0.05) is 12.6 Å². The lowest BCUT2D eigenvalue weighted by molar-refractivity contribution is -0.385. The van der Waals surface area contributed by atoms with E-state index < -0.39 is 28.9 Å². The summed E-state index contributed by atoms with van der Waals surface area (Å²) in [5, 5.41) is 13.8. The first-order chi connectivity index (χ1) is 13.4. The van der Waals surface area contributed by atoms with Gasteiger partial charge in [-0.15, -0.1) is 0 Å². The summed E-state index contributed by atoms with van der Waals surface area (Å²) in [6.45, 7) is -3.03. The Bertz CT molecular complexity index is 860. The topological polar surface area (TPSA) is 99.9 Å². The second-order valence-electron chi connectivity index (χ2n) is 5.47. The van der Waals surface area contributed by atoms with E-state index in [2.05, 4.69) is 10.1 Å². The number of para-hydroxylation sites is 1. The lowest BCUT2D eigenvalue weighted by Gasteiger charge is -2.13. The molecule has 0 fully saturated rings. The van der Waals surface area contributed by atoms with Crippen molar-refractivity contribution in [1.29, 1.82) is 0 Å². The van der Waals surface area contributed by atoms with E-state index in [4.69, 9.17) is 9.47 Å². The fourth-order valence-electron chi connectivity index (χ4n) is 2.55. The molecule has 8 nitrogen and oxygen atoms in total. The summed E-state index contributed by atoms with van der Waals surface area (Å²) < 4.78 is 39.3. The Kier molecular flexibility index (Phi) is 7.08. The molecule has 0 aliphatic rings. The zero-order valence-electron chi connectivity index (χ0n) is 15.1. The molecule has 2 aromatic carbocycles. The van der Waals surface area contributed by atoms with Gasteiger partial charge in [-0.3, -0.25) is 14.9 Å². The van der Waals surface area contributed by atoms with Crippen molar-refractivity contribution < 1.29 is 32.7 Å². The Balaban J connectivity index is 2.20. The van der Waals surface area contributed by atoms with Gasteiger partial charge in [0.2, 0.25) is 0 Å². The van der Waals surface area contributed by atoms with Crippen LogP contribution in [0.15, 0.2) is 36.4 Å². The molecule has 0 saturated heterocycles. The van der Waals surface area contributed by atoms with E-state index in [0.717, 1.165) is 17.7 Å². The zero-order valence-corrected chi connectivity index (χ0v) is 15.1. The first kappa shape index (κ1) is 20.9. The van der Waals surface area contributed by atoms with Crippen LogP contribution < -0.4 is 19.5 Å². The van der Waals surface area contributed by atoms with Crippen LogP contribution in [0.25, 0.3) is 0 Å². The van der Waals surface area contributed by atoms with Gasteiger partial charge in [0.15, 0.2) is 11.5 Å². The Morgan fingerprint density at radius 1 is 1.14 bits per heavy atom. The molecule has 2 aromatic rings. The normalized spacial score (nSPS) is 10.5. The van der Waals surface area contributed by atoms with Crippen molar-refractivity contribution in [3.63, 3.8) is 0 Å². The lowest BCUT2D eigenvalue weighted by atomic mass is 10.1. The minimum absolute atomic E-state index is 0.175. The summed E-state index contributed by atoms with van der Waals surface area (Å²) in [5.41, 5.74) is -0.159. The fourth-order valence-corrected chi connectivity index (χ4v) is 2.55. The van der Waals surface area contributed by atoms with Crippen molar-refractivity contribution in [2.75, 3.05) is 20.8 Å². The van der Waals surface area contributed by atoms with E-state index >= 15 is 0 Å². The van der Waals surface area contributed by atoms with E-state index in [-0.39, 0.29) is 17.9 Å². The van der Waals surface area contributed by atoms with E-state index in [0.29, 0.717) is 12.2 Å². The van der Waals surface area contributed by atoms with E-state index in [1.807, 2.05) is 12.1 Å². The van der Waals surface area contributed by atoms with Crippen molar-refractivity contribution in [1.82, 2.24) is 5.32 Å². The molecule has 1 N–H and O–H groups in total. The monoisotopic (exact) mass is 396 g/mol. The van der Waals surface area contributed by atoms with Gasteiger partial charge >= 0.3 is 6.61 Å². The van der Waals surface area contributed by atoms with Crippen molar-refractivity contribution in [2.45, 2.75) is 13.0 Å². The number of alkyl halides is 2. The van der Waals surface area contributed by atoms with Crippen LogP contribution in [0.1, 0.15) is 15.9 Å². The van der Waals surface area contributed by atoms with Crippen LogP contribution in [0.5, 0.6) is 17.2 Å². The van der Waals surface area contributed by atoms with Crippen molar-refractivity contribution >= 4 is 11.6 Å². The van der Waals surface area contributed by atoms with Crippen molar-refractivity contribution in [3.05, 3.63) is 57.6 Å². The predicted molar refractivity (Wildman–Crippen MR) is 95.3 cm³/mol. The standard InChI is InChI=1S/C18H18F2N2O6/c1-26-14-6-4-3-5-11(14)7-8-21-17(23)12-9-15(27-2)16(28-18(19)20)10-13(12)22(24)25/h3-6,9-10,18H,7-8H2,1-2H3,(H,21,23). The second kappa shape index (κ2) is 9.49. The number of nitro benzene ring substituents is 1. The Morgan fingerprint density at radius 3 is 2.43 bits per heavy atom. The molecular formula is C18H18F2N2O6. The fraction of sp³-hybridized carbons (Fsp3) is 0.278. The molecule has 0 radical (unpaired) electrons. The molecular weight excluding hydrogens is 378 g/mol. The Labute approximate surface area is 159 Å². The predicted octanol–water partition coefficient (Wildman–Crippen LogP) is 3.19. The molecule has 0 aliphatic heterocycles. The molecule has 2 rings (SSSR count). The van der Waals surface area contributed by atoms with E-state index in [9.17, 15) is 23.7 Å². The van der Waals surface area contributed by atoms with Crippen molar-refractivity contribution in [3.8, 4) is 17.2 Å². The summed E-state index contributed by atoms with van der Waals surface area (Å²) >= 11 is 0. The second-order valence-corrected chi connectivity index (χ2v) is 5.47. The number of ether oxygens (including phenoxy) is 3. The Hall–Kier alpha value is -3.43. The molecule has 0 spiro atoms. The summed E-state index contributed by atoms with van der Waals surface area (Å²) in [7, 11) is 2.69. The first-order valence-corrected chi connectivity index (χ1v) is 8.08. The average Bonchev–Trinajstić information content (AvgIpc) is 2.67. The molecule has 0 aliphatic carbocycles. The van der Waals surface area contributed by atoms with Crippen LogP contribution in [-0.2, 0) is 6.42 Å². The van der Waals surface area contributed by atoms with Crippen molar-refractivity contribution in [2.24, 2.45) is 0 Å². The van der Waals surface area contributed by atoms with Crippen LogP contribution in [0.4, 0.5) is 14.5 Å². The first-order valence-electron chi connectivity index (χ1n) is 8.08. The minimum atomic E-state index is -3.20. The quantitative estimate of drug-likeness (QED) is 0.516. The maximum Gasteiger partial charge on any atom is 0.387 e. The minimum Gasteiger partial charge on any atom is -0.496 e. The number of hydrogen-bond donors (Lipinski definition) is 1. The molecule has 0 heterocycles. The smallest absolute Gasteiger partial charge is 0.387 e. The summed E-state index contributed by atoms with van der Waals surface area (Å²) in [6.07, 6.45) is 0.424. The van der Waals surface area contributed by atoms with Gasteiger partial charge in [-0.05, 0) is 18.1 Å². The molecule has 150 valence electrons. The average molecular weight is 396 g/mol. The third-order valence-corrected chi connectivity index (χ3v) is 3.81. The lowest BCUT2D eigenvalue weighted by Crippen LogP contribution is -2.26. The number of carbonyl (C=O) groups excluding carboxylic acids is 1. The number of methoxy groups -OCH3 is 2. The highest BCUT2D eigenvalue weighted by atomic mass is 19.3. The number of nitrogens with zero attached hydrogens (tertiary/aromatic N) is 1. The van der Waals surface area contributed by atoms with Crippen LogP contribution in [0.3, 0.4) is 0 Å². The molecule has 0 aromatic heterocycles. The number of halogens is 2. The maximum atomic E-state index is 12.5. The molecule has 1 amide bonds. The largest absolute Gasteiger partial charge is 0.496 e. The van der Waals surface area contributed by atoms with Gasteiger partial charge in [-0.2, -0.15) is 8.78 Å². The highest BCUT2D eigenvalue weighted by molar-refractivity contribution is 5.99.